The predicted octanol–water partition coefficient (Wildman–Crippen LogP) is 2.79. The number of benzene rings is 1. The molecule has 1 aliphatic heterocycles. The largest absolute Gasteiger partial charge is 0.338 e. The smallest absolute Gasteiger partial charge is 0.256 e. The molecule has 1 aromatic carbocycles. The molecule has 1 fully saturated rings. The molecule has 0 aliphatic carbocycles. The summed E-state index contributed by atoms with van der Waals surface area (Å²) in [5.41, 5.74) is 6.15. The summed E-state index contributed by atoms with van der Waals surface area (Å²) in [7, 11) is 0. The number of carbonyl (C=O) groups is 1. The van der Waals surface area contributed by atoms with Crippen LogP contribution in [0.4, 0.5) is 4.39 Å². The molecule has 1 aromatic rings. The molecule has 1 aliphatic rings. The molecule has 2 rings (SSSR count). The lowest BCUT2D eigenvalue weighted by Crippen LogP contribution is -2.49. The summed E-state index contributed by atoms with van der Waals surface area (Å²) in [6.07, 6.45) is 1.71. The van der Waals surface area contributed by atoms with E-state index in [0.29, 0.717) is 23.5 Å². The van der Waals surface area contributed by atoms with E-state index in [9.17, 15) is 9.18 Å². The Morgan fingerprint density at radius 1 is 1.58 bits per heavy atom. The zero-order valence-electron chi connectivity index (χ0n) is 10.9. The van der Waals surface area contributed by atoms with Gasteiger partial charge in [-0.15, -0.1) is 0 Å². The first-order valence-corrected chi connectivity index (χ1v) is 7.32. The van der Waals surface area contributed by atoms with Gasteiger partial charge in [0.1, 0.15) is 5.82 Å². The molecule has 1 heterocycles. The molecule has 2 N–H and O–H groups in total. The van der Waals surface area contributed by atoms with Crippen LogP contribution in [-0.2, 0) is 0 Å². The summed E-state index contributed by atoms with van der Waals surface area (Å²) in [5.74, 6) is -0.423. The first kappa shape index (κ1) is 14.5. The van der Waals surface area contributed by atoms with E-state index >= 15 is 0 Å². The quantitative estimate of drug-likeness (QED) is 0.907. The average molecular weight is 329 g/mol. The first-order valence-electron chi connectivity index (χ1n) is 6.52. The van der Waals surface area contributed by atoms with E-state index in [0.717, 1.165) is 12.8 Å². The van der Waals surface area contributed by atoms with Crippen molar-refractivity contribution in [3.05, 3.63) is 34.1 Å². The van der Waals surface area contributed by atoms with Crippen molar-refractivity contribution in [3.63, 3.8) is 0 Å². The van der Waals surface area contributed by atoms with Crippen LogP contribution in [0.2, 0.25) is 0 Å². The summed E-state index contributed by atoms with van der Waals surface area (Å²) in [4.78, 5) is 14.1. The molecule has 2 atom stereocenters. The molecule has 0 saturated carbocycles. The van der Waals surface area contributed by atoms with Gasteiger partial charge >= 0.3 is 0 Å². The van der Waals surface area contributed by atoms with Crippen LogP contribution in [0.15, 0.2) is 22.7 Å². The third kappa shape index (κ3) is 3.15. The molecule has 0 aromatic heterocycles. The minimum atomic E-state index is -0.476. The Morgan fingerprint density at radius 3 is 3.00 bits per heavy atom. The number of rotatable bonds is 2. The van der Waals surface area contributed by atoms with Gasteiger partial charge in [-0.1, -0.05) is 29.3 Å². The monoisotopic (exact) mass is 328 g/mol. The van der Waals surface area contributed by atoms with Gasteiger partial charge in [0.2, 0.25) is 0 Å². The average Bonchev–Trinajstić information content (AvgIpc) is 2.41. The lowest BCUT2D eigenvalue weighted by atomic mass is 9.90. The Bertz CT molecular complexity index is 481. The fourth-order valence-electron chi connectivity index (χ4n) is 2.50. The van der Waals surface area contributed by atoms with Gasteiger partial charge in [0, 0.05) is 23.6 Å². The summed E-state index contributed by atoms with van der Waals surface area (Å²) in [6.45, 7) is 3.28. The zero-order chi connectivity index (χ0) is 14.0. The normalized spacial score (nSPS) is 23.5. The fraction of sp³-hybridized carbons (Fsp3) is 0.500. The van der Waals surface area contributed by atoms with Gasteiger partial charge < -0.3 is 10.6 Å². The number of amides is 1. The van der Waals surface area contributed by atoms with Crippen LogP contribution in [-0.4, -0.2) is 29.9 Å². The maximum atomic E-state index is 13.7. The second kappa shape index (κ2) is 6.01. The van der Waals surface area contributed by atoms with Crippen LogP contribution < -0.4 is 5.73 Å². The van der Waals surface area contributed by atoms with E-state index in [2.05, 4.69) is 22.9 Å². The summed E-state index contributed by atoms with van der Waals surface area (Å²) >= 11 is 3.27. The molecule has 19 heavy (non-hydrogen) atoms. The van der Waals surface area contributed by atoms with Crippen LogP contribution in [0.3, 0.4) is 0 Å². The highest BCUT2D eigenvalue weighted by Crippen LogP contribution is 2.22. The lowest BCUT2D eigenvalue weighted by molar-refractivity contribution is 0.0644. The van der Waals surface area contributed by atoms with E-state index in [4.69, 9.17) is 5.73 Å². The van der Waals surface area contributed by atoms with Crippen molar-refractivity contribution in [2.75, 3.05) is 13.1 Å². The Labute approximate surface area is 121 Å². The molecule has 5 heteroatoms. The van der Waals surface area contributed by atoms with Gasteiger partial charge in [-0.25, -0.2) is 4.39 Å². The third-order valence-electron chi connectivity index (χ3n) is 3.76. The maximum absolute atomic E-state index is 13.7. The summed E-state index contributed by atoms with van der Waals surface area (Å²) in [6, 6.07) is 4.58. The number of carbonyl (C=O) groups excluding carboxylic acids is 1. The van der Waals surface area contributed by atoms with Crippen LogP contribution >= 0.6 is 15.9 Å². The van der Waals surface area contributed by atoms with Crippen molar-refractivity contribution >= 4 is 21.8 Å². The number of piperidine rings is 1. The second-order valence-corrected chi connectivity index (χ2v) is 5.91. The van der Waals surface area contributed by atoms with E-state index in [1.54, 1.807) is 11.0 Å². The fourth-order valence-corrected chi connectivity index (χ4v) is 2.86. The van der Waals surface area contributed by atoms with Crippen molar-refractivity contribution in [2.45, 2.75) is 25.8 Å². The SMILES string of the molecule is CCC1CN(C(=O)c2cc(Br)ccc2F)CCC1N. The minimum absolute atomic E-state index is 0.125. The topological polar surface area (TPSA) is 46.3 Å². The molecule has 104 valence electrons. The first-order chi connectivity index (χ1) is 9.02. The van der Waals surface area contributed by atoms with Gasteiger partial charge in [-0.3, -0.25) is 4.79 Å². The zero-order valence-corrected chi connectivity index (χ0v) is 12.5. The standard InChI is InChI=1S/C14H18BrFN2O/c1-2-9-8-18(6-5-13(9)17)14(19)11-7-10(15)3-4-12(11)16/h3-4,7,9,13H,2,5-6,8,17H2,1H3. The van der Waals surface area contributed by atoms with Gasteiger partial charge in [0.15, 0.2) is 0 Å². The van der Waals surface area contributed by atoms with Gasteiger partial charge in [0.25, 0.3) is 5.91 Å². The Kier molecular flexibility index (Phi) is 4.58. The van der Waals surface area contributed by atoms with Crippen LogP contribution in [0.25, 0.3) is 0 Å². The van der Waals surface area contributed by atoms with E-state index in [-0.39, 0.29) is 17.5 Å². The molecule has 2 unspecified atom stereocenters. The summed E-state index contributed by atoms with van der Waals surface area (Å²) in [5, 5.41) is 0. The van der Waals surface area contributed by atoms with Crippen molar-refractivity contribution in [2.24, 2.45) is 11.7 Å². The number of nitrogens with two attached hydrogens (primary N) is 1. The van der Waals surface area contributed by atoms with Crippen molar-refractivity contribution in [3.8, 4) is 0 Å². The molecule has 0 bridgehead atoms. The lowest BCUT2D eigenvalue weighted by Gasteiger charge is -2.36. The van der Waals surface area contributed by atoms with E-state index in [1.807, 2.05) is 0 Å². The van der Waals surface area contributed by atoms with Crippen molar-refractivity contribution in [1.29, 1.82) is 0 Å². The van der Waals surface area contributed by atoms with Crippen LogP contribution in [0.5, 0.6) is 0 Å². The molecule has 0 spiro atoms. The van der Waals surface area contributed by atoms with Gasteiger partial charge in [-0.2, -0.15) is 0 Å². The third-order valence-corrected chi connectivity index (χ3v) is 4.26. The number of hydrogen-bond acceptors (Lipinski definition) is 2. The van der Waals surface area contributed by atoms with Gasteiger partial charge in [-0.05, 0) is 30.5 Å². The van der Waals surface area contributed by atoms with Crippen molar-refractivity contribution < 1.29 is 9.18 Å². The molecular formula is C14H18BrFN2O. The minimum Gasteiger partial charge on any atom is -0.338 e. The van der Waals surface area contributed by atoms with E-state index in [1.165, 1.54) is 12.1 Å². The molecular weight excluding hydrogens is 311 g/mol. The molecule has 3 nitrogen and oxygen atoms in total. The second-order valence-electron chi connectivity index (χ2n) is 5.00. The highest BCUT2D eigenvalue weighted by atomic mass is 79.9. The highest BCUT2D eigenvalue weighted by molar-refractivity contribution is 9.10. The number of likely N-dealkylation sites (tertiary alicyclic amines) is 1. The number of nitrogens with zero attached hydrogens (tertiary/aromatic N) is 1. The predicted molar refractivity (Wildman–Crippen MR) is 76.4 cm³/mol. The Morgan fingerprint density at radius 2 is 2.32 bits per heavy atom. The maximum Gasteiger partial charge on any atom is 0.256 e. The molecule has 1 saturated heterocycles. The van der Waals surface area contributed by atoms with Gasteiger partial charge in [0.05, 0.1) is 5.56 Å². The van der Waals surface area contributed by atoms with Crippen LogP contribution in [0.1, 0.15) is 30.1 Å². The van der Waals surface area contributed by atoms with Crippen LogP contribution in [0, 0.1) is 11.7 Å². The number of hydrogen-bond donors (Lipinski definition) is 1. The Balaban J connectivity index is 2.18. The molecule has 0 radical (unpaired) electrons. The van der Waals surface area contributed by atoms with E-state index < -0.39 is 5.82 Å². The van der Waals surface area contributed by atoms with Crippen molar-refractivity contribution in [1.82, 2.24) is 4.90 Å². The Hall–Kier alpha value is -0.940. The number of halogens is 2. The molecule has 1 amide bonds. The summed E-state index contributed by atoms with van der Waals surface area (Å²) < 4.78 is 14.4. The highest BCUT2D eigenvalue weighted by Gasteiger charge is 2.29.